The molecule has 1 aliphatic carbocycles. The van der Waals surface area contributed by atoms with Crippen molar-refractivity contribution in [1.29, 1.82) is 0 Å². The minimum absolute atomic E-state index is 0.154. The molecule has 0 amide bonds. The van der Waals surface area contributed by atoms with Gasteiger partial charge in [0.05, 0.1) is 5.41 Å². The van der Waals surface area contributed by atoms with Gasteiger partial charge in [0.25, 0.3) is 0 Å². The molecule has 3 nitrogen and oxygen atoms in total. The molecule has 1 aromatic rings. The van der Waals surface area contributed by atoms with Crippen LogP contribution >= 0.6 is 0 Å². The van der Waals surface area contributed by atoms with Crippen LogP contribution in [0.4, 0.5) is 0 Å². The number of rotatable bonds is 7. The van der Waals surface area contributed by atoms with Gasteiger partial charge < -0.3 is 9.47 Å². The molecule has 0 N–H and O–H groups in total. The van der Waals surface area contributed by atoms with Crippen LogP contribution in [0, 0.1) is 17.3 Å². The molecule has 1 aliphatic rings. The molecule has 0 fully saturated rings. The van der Waals surface area contributed by atoms with Gasteiger partial charge in [-0.3, -0.25) is 4.79 Å². The van der Waals surface area contributed by atoms with E-state index in [1.54, 1.807) is 0 Å². The first-order valence-corrected chi connectivity index (χ1v) is 8.97. The van der Waals surface area contributed by atoms with Gasteiger partial charge in [0.2, 0.25) is 0 Å². The largest absolute Gasteiger partial charge is 0.486 e. The Labute approximate surface area is 146 Å². The van der Waals surface area contributed by atoms with Gasteiger partial charge in [-0.25, -0.2) is 0 Å². The van der Waals surface area contributed by atoms with Crippen LogP contribution in [-0.4, -0.2) is 12.1 Å². The fourth-order valence-corrected chi connectivity index (χ4v) is 3.09. The van der Waals surface area contributed by atoms with Crippen LogP contribution in [0.15, 0.2) is 36.4 Å². The van der Waals surface area contributed by atoms with Gasteiger partial charge in [0, 0.05) is 0 Å². The van der Waals surface area contributed by atoms with Gasteiger partial charge in [-0.1, -0.05) is 33.8 Å². The van der Waals surface area contributed by atoms with Crippen LogP contribution in [-0.2, 0) is 4.79 Å². The van der Waals surface area contributed by atoms with Crippen LogP contribution in [0.25, 0.3) is 0 Å². The summed E-state index contributed by atoms with van der Waals surface area (Å²) in [5.74, 6) is 1.90. The van der Waals surface area contributed by atoms with Crippen molar-refractivity contribution >= 4 is 5.97 Å². The monoisotopic (exact) mass is 330 g/mol. The van der Waals surface area contributed by atoms with Crippen LogP contribution in [0.2, 0.25) is 0 Å². The molecule has 0 saturated carbocycles. The minimum Gasteiger partial charge on any atom is -0.486 e. The predicted molar refractivity (Wildman–Crippen MR) is 97.3 cm³/mol. The Bertz CT molecular complexity index is 571. The van der Waals surface area contributed by atoms with Gasteiger partial charge in [-0.05, 0) is 68.4 Å². The second-order valence-electron chi connectivity index (χ2n) is 7.69. The molecule has 0 bridgehead atoms. The van der Waals surface area contributed by atoms with Gasteiger partial charge in [-0.2, -0.15) is 0 Å². The van der Waals surface area contributed by atoms with E-state index in [1.807, 2.05) is 31.2 Å². The summed E-state index contributed by atoms with van der Waals surface area (Å²) in [4.78, 5) is 12.7. The van der Waals surface area contributed by atoms with E-state index < -0.39 is 5.41 Å². The number of ether oxygens (including phenoxy) is 2. The third-order valence-electron chi connectivity index (χ3n) is 4.86. The molecule has 2 unspecified atom stereocenters. The maximum atomic E-state index is 12.7. The number of carbonyl (C=O) groups is 1. The molecule has 2 atom stereocenters. The molecule has 132 valence electrons. The van der Waals surface area contributed by atoms with Crippen molar-refractivity contribution in [3.63, 3.8) is 0 Å². The molecule has 0 heterocycles. The summed E-state index contributed by atoms with van der Waals surface area (Å²) in [5.41, 5.74) is -0.474. The van der Waals surface area contributed by atoms with E-state index in [0.717, 1.165) is 25.0 Å². The predicted octanol–water partition coefficient (Wildman–Crippen LogP) is 5.40. The molecule has 24 heavy (non-hydrogen) atoms. The van der Waals surface area contributed by atoms with E-state index in [4.69, 9.17) is 9.47 Å². The molecule has 0 saturated heterocycles. The Hall–Kier alpha value is -1.77. The van der Waals surface area contributed by atoms with Crippen molar-refractivity contribution < 1.29 is 14.3 Å². The first-order chi connectivity index (χ1) is 11.3. The Morgan fingerprint density at radius 2 is 1.79 bits per heavy atom. The van der Waals surface area contributed by atoms with Gasteiger partial charge in [0.1, 0.15) is 17.6 Å². The van der Waals surface area contributed by atoms with E-state index in [1.165, 1.54) is 0 Å². The number of hydrogen-bond acceptors (Lipinski definition) is 3. The average Bonchev–Trinajstić information content (AvgIpc) is 3.01. The third-order valence-corrected chi connectivity index (χ3v) is 4.86. The van der Waals surface area contributed by atoms with Crippen LogP contribution in [0.1, 0.15) is 53.9 Å². The summed E-state index contributed by atoms with van der Waals surface area (Å²) >= 11 is 0. The van der Waals surface area contributed by atoms with E-state index in [0.29, 0.717) is 11.7 Å². The number of carbonyl (C=O) groups excluding carboxylic acids is 1. The SMILES string of the molecule is CC(C)CC(C)(C(=O)Oc1ccc(OC2C=CCC2)cc1)C(C)C. The molecule has 3 heteroatoms. The Morgan fingerprint density at radius 1 is 1.17 bits per heavy atom. The van der Waals surface area contributed by atoms with Gasteiger partial charge in [0.15, 0.2) is 0 Å². The summed E-state index contributed by atoms with van der Waals surface area (Å²) in [6, 6.07) is 7.35. The highest BCUT2D eigenvalue weighted by molar-refractivity contribution is 5.79. The molecule has 0 aromatic heterocycles. The van der Waals surface area contributed by atoms with Crippen molar-refractivity contribution in [2.24, 2.45) is 17.3 Å². The lowest BCUT2D eigenvalue weighted by molar-refractivity contribution is -0.148. The van der Waals surface area contributed by atoms with E-state index >= 15 is 0 Å². The van der Waals surface area contributed by atoms with Crippen molar-refractivity contribution in [3.8, 4) is 11.5 Å². The maximum Gasteiger partial charge on any atom is 0.317 e. The highest BCUT2D eigenvalue weighted by Gasteiger charge is 2.39. The molecule has 0 aliphatic heterocycles. The second-order valence-corrected chi connectivity index (χ2v) is 7.69. The van der Waals surface area contributed by atoms with Crippen molar-refractivity contribution in [2.75, 3.05) is 0 Å². The highest BCUT2D eigenvalue weighted by atomic mass is 16.5. The normalized spacial score (nSPS) is 19.5. The first-order valence-electron chi connectivity index (χ1n) is 8.97. The number of allylic oxidation sites excluding steroid dienone is 1. The number of hydrogen-bond donors (Lipinski definition) is 0. The second kappa shape index (κ2) is 7.87. The Morgan fingerprint density at radius 3 is 2.29 bits per heavy atom. The summed E-state index contributed by atoms with van der Waals surface area (Å²) in [6.45, 7) is 10.4. The molecular formula is C21H30O3. The molecular weight excluding hydrogens is 300 g/mol. The Kier molecular flexibility index (Phi) is 6.09. The lowest BCUT2D eigenvalue weighted by atomic mass is 9.73. The topological polar surface area (TPSA) is 35.5 Å². The summed E-state index contributed by atoms with van der Waals surface area (Å²) in [7, 11) is 0. The maximum absolute atomic E-state index is 12.7. The van der Waals surface area contributed by atoms with E-state index in [9.17, 15) is 4.79 Å². The van der Waals surface area contributed by atoms with Crippen molar-refractivity contribution in [1.82, 2.24) is 0 Å². The number of esters is 1. The zero-order valence-electron chi connectivity index (χ0n) is 15.5. The standard InChI is InChI=1S/C21H30O3/c1-15(2)14-21(5,16(3)4)20(22)24-19-12-10-18(11-13-19)23-17-8-6-7-9-17/h6,8,10-13,15-17H,7,9,14H2,1-5H3. The summed E-state index contributed by atoms with van der Waals surface area (Å²) in [5, 5.41) is 0. The Balaban J connectivity index is 2.01. The molecule has 1 aromatic carbocycles. The molecule has 0 radical (unpaired) electrons. The summed E-state index contributed by atoms with van der Waals surface area (Å²) < 4.78 is 11.5. The van der Waals surface area contributed by atoms with Gasteiger partial charge in [-0.15, -0.1) is 0 Å². The van der Waals surface area contributed by atoms with E-state index in [-0.39, 0.29) is 18.0 Å². The third kappa shape index (κ3) is 4.62. The lowest BCUT2D eigenvalue weighted by Crippen LogP contribution is -2.38. The molecule has 2 rings (SSSR count). The van der Waals surface area contributed by atoms with E-state index in [2.05, 4.69) is 39.8 Å². The smallest absolute Gasteiger partial charge is 0.317 e. The zero-order chi connectivity index (χ0) is 17.7. The quantitative estimate of drug-likeness (QED) is 0.381. The zero-order valence-corrected chi connectivity index (χ0v) is 15.5. The minimum atomic E-state index is -0.474. The fourth-order valence-electron chi connectivity index (χ4n) is 3.09. The fraction of sp³-hybridized carbons (Fsp3) is 0.571. The van der Waals surface area contributed by atoms with Crippen molar-refractivity contribution in [2.45, 2.75) is 60.0 Å². The summed E-state index contributed by atoms with van der Waals surface area (Å²) in [6.07, 6.45) is 7.31. The highest BCUT2D eigenvalue weighted by Crippen LogP contribution is 2.36. The lowest BCUT2D eigenvalue weighted by Gasteiger charge is -2.32. The van der Waals surface area contributed by atoms with Gasteiger partial charge >= 0.3 is 5.97 Å². The van der Waals surface area contributed by atoms with Crippen LogP contribution in [0.3, 0.4) is 0 Å². The average molecular weight is 330 g/mol. The molecule has 0 spiro atoms. The van der Waals surface area contributed by atoms with Crippen LogP contribution in [0.5, 0.6) is 11.5 Å². The van der Waals surface area contributed by atoms with Crippen molar-refractivity contribution in [3.05, 3.63) is 36.4 Å². The number of benzene rings is 1. The first kappa shape index (κ1) is 18.6. The van der Waals surface area contributed by atoms with Crippen LogP contribution < -0.4 is 9.47 Å².